The van der Waals surface area contributed by atoms with Gasteiger partial charge in [0.25, 0.3) is 0 Å². The lowest BCUT2D eigenvalue weighted by Gasteiger charge is -2.37. The molecule has 1 saturated heterocycles. The summed E-state index contributed by atoms with van der Waals surface area (Å²) < 4.78 is 6.18. The van der Waals surface area contributed by atoms with Crippen molar-refractivity contribution < 1.29 is 9.84 Å². The minimum Gasteiger partial charge on any atom is -0.486 e. The van der Waals surface area contributed by atoms with E-state index in [2.05, 4.69) is 26.2 Å². The highest BCUT2D eigenvalue weighted by atomic mass is 35.5. The second-order valence-electron chi connectivity index (χ2n) is 8.22. The molecule has 0 unspecified atom stereocenters. The number of aryl methyl sites for hydroxylation is 1. The molecule has 1 aliphatic rings. The standard InChI is InChI=1S/C24H20Cl2N6O2/c1-12-22(26)21(19(25)9-28-12)13(2)34-17-3-4-20-18(6-17)23(31-30-20)15-5-14(7-27)24(29-8-15)32-10-16(33)11-32/h3-6,8-9,13,16,33H,10-11H2,1-2H3,(H,30,31)/t13-/m1/s1. The molecular formula is C24H20Cl2N6O2. The molecule has 1 fully saturated rings. The molecule has 0 aliphatic carbocycles. The van der Waals surface area contributed by atoms with E-state index in [4.69, 9.17) is 27.9 Å². The lowest BCUT2D eigenvalue weighted by atomic mass is 10.1. The Morgan fingerprint density at radius 2 is 2.03 bits per heavy atom. The van der Waals surface area contributed by atoms with E-state index in [0.29, 0.717) is 62.8 Å². The second-order valence-corrected chi connectivity index (χ2v) is 9.01. The van der Waals surface area contributed by atoms with Crippen molar-refractivity contribution in [3.8, 4) is 23.1 Å². The van der Waals surface area contributed by atoms with Gasteiger partial charge in [0.1, 0.15) is 29.4 Å². The van der Waals surface area contributed by atoms with Crippen molar-refractivity contribution in [2.45, 2.75) is 26.1 Å². The van der Waals surface area contributed by atoms with Gasteiger partial charge in [-0.15, -0.1) is 0 Å². The van der Waals surface area contributed by atoms with Crippen LogP contribution in [-0.4, -0.2) is 44.5 Å². The fourth-order valence-electron chi connectivity index (χ4n) is 4.05. The minimum atomic E-state index is -0.410. The molecule has 0 spiro atoms. The number of anilines is 1. The Morgan fingerprint density at radius 1 is 1.24 bits per heavy atom. The molecule has 0 radical (unpaired) electrons. The van der Waals surface area contributed by atoms with E-state index in [1.807, 2.05) is 36.9 Å². The number of aromatic nitrogens is 4. The third kappa shape index (κ3) is 3.92. The largest absolute Gasteiger partial charge is 0.486 e. The zero-order valence-electron chi connectivity index (χ0n) is 18.4. The Bertz CT molecular complexity index is 1440. The fraction of sp³-hybridized carbons (Fsp3) is 0.250. The molecule has 1 aliphatic heterocycles. The van der Waals surface area contributed by atoms with Gasteiger partial charge >= 0.3 is 0 Å². The number of pyridine rings is 2. The topological polar surface area (TPSA) is 111 Å². The molecule has 10 heteroatoms. The van der Waals surface area contributed by atoms with Gasteiger partial charge in [0.05, 0.1) is 32.9 Å². The minimum absolute atomic E-state index is 0.384. The van der Waals surface area contributed by atoms with Crippen LogP contribution in [0.3, 0.4) is 0 Å². The van der Waals surface area contributed by atoms with Crippen LogP contribution in [0.1, 0.15) is 29.8 Å². The highest BCUT2D eigenvalue weighted by Crippen LogP contribution is 2.36. The van der Waals surface area contributed by atoms with E-state index in [-0.39, 0.29) is 6.10 Å². The number of fused-ring (bicyclic) bond motifs is 1. The van der Waals surface area contributed by atoms with Gasteiger partial charge in [-0.05, 0) is 38.1 Å². The molecule has 1 atom stereocenters. The Kier molecular flexibility index (Phi) is 5.78. The van der Waals surface area contributed by atoms with Crippen LogP contribution < -0.4 is 9.64 Å². The molecule has 5 rings (SSSR count). The Morgan fingerprint density at radius 3 is 2.76 bits per heavy atom. The molecule has 8 nitrogen and oxygen atoms in total. The van der Waals surface area contributed by atoms with Gasteiger partial charge in [0.15, 0.2) is 0 Å². The first-order valence-corrected chi connectivity index (χ1v) is 11.4. The summed E-state index contributed by atoms with van der Waals surface area (Å²) in [5.41, 5.74) is 3.97. The zero-order chi connectivity index (χ0) is 24.0. The zero-order valence-corrected chi connectivity index (χ0v) is 19.9. The number of aromatic amines is 1. The van der Waals surface area contributed by atoms with Crippen LogP contribution in [0.15, 0.2) is 36.7 Å². The summed E-state index contributed by atoms with van der Waals surface area (Å²) in [6.45, 7) is 4.63. The third-order valence-corrected chi connectivity index (χ3v) is 6.64. The van der Waals surface area contributed by atoms with Crippen LogP contribution in [0.25, 0.3) is 22.2 Å². The Labute approximate surface area is 205 Å². The molecule has 4 aromatic rings. The van der Waals surface area contributed by atoms with Gasteiger partial charge in [-0.25, -0.2) is 4.98 Å². The van der Waals surface area contributed by atoms with Gasteiger partial charge in [-0.2, -0.15) is 10.4 Å². The van der Waals surface area contributed by atoms with Crippen LogP contribution >= 0.6 is 23.2 Å². The molecule has 34 heavy (non-hydrogen) atoms. The van der Waals surface area contributed by atoms with Crippen molar-refractivity contribution in [2.75, 3.05) is 18.0 Å². The molecular weight excluding hydrogens is 475 g/mol. The first-order chi connectivity index (χ1) is 16.4. The van der Waals surface area contributed by atoms with Gasteiger partial charge in [0.2, 0.25) is 0 Å². The van der Waals surface area contributed by atoms with Crippen LogP contribution in [-0.2, 0) is 0 Å². The molecule has 1 aromatic carbocycles. The number of β-amino-alcohol motifs (C(OH)–C–C–N with tert-alkyl or cyclic N) is 1. The predicted octanol–water partition coefficient (Wildman–Crippen LogP) is 4.83. The van der Waals surface area contributed by atoms with Crippen LogP contribution in [0.5, 0.6) is 5.75 Å². The van der Waals surface area contributed by atoms with E-state index in [9.17, 15) is 10.4 Å². The van der Waals surface area contributed by atoms with E-state index in [1.165, 1.54) is 0 Å². The number of halogens is 2. The summed E-state index contributed by atoms with van der Waals surface area (Å²) in [6.07, 6.45) is 2.46. The quantitative estimate of drug-likeness (QED) is 0.408. The van der Waals surface area contributed by atoms with E-state index >= 15 is 0 Å². The summed E-state index contributed by atoms with van der Waals surface area (Å²) in [5, 5.41) is 28.4. The maximum absolute atomic E-state index is 9.65. The first-order valence-electron chi connectivity index (χ1n) is 10.6. The average Bonchev–Trinajstić information content (AvgIpc) is 3.22. The number of rotatable bonds is 5. The third-order valence-electron chi connectivity index (χ3n) is 5.86. The predicted molar refractivity (Wildman–Crippen MR) is 130 cm³/mol. The number of aliphatic hydroxyl groups is 1. The van der Waals surface area contributed by atoms with Crippen LogP contribution in [0.2, 0.25) is 10.0 Å². The number of nitriles is 1. The van der Waals surface area contributed by atoms with E-state index in [0.717, 1.165) is 10.9 Å². The number of H-pyrrole nitrogens is 1. The molecule has 0 amide bonds. The number of benzene rings is 1. The van der Waals surface area contributed by atoms with Crippen molar-refractivity contribution >= 4 is 39.9 Å². The Hall–Kier alpha value is -3.38. The summed E-state index contributed by atoms with van der Waals surface area (Å²) in [7, 11) is 0. The second kappa shape index (κ2) is 8.76. The summed E-state index contributed by atoms with van der Waals surface area (Å²) in [6, 6.07) is 9.56. The normalized spacial score (nSPS) is 14.6. The maximum Gasteiger partial charge on any atom is 0.146 e. The first kappa shape index (κ1) is 22.4. The van der Waals surface area contributed by atoms with E-state index < -0.39 is 6.10 Å². The molecule has 0 bridgehead atoms. The summed E-state index contributed by atoms with van der Waals surface area (Å²) >= 11 is 12.8. The van der Waals surface area contributed by atoms with E-state index in [1.54, 1.807) is 18.5 Å². The average molecular weight is 495 g/mol. The number of nitrogens with zero attached hydrogens (tertiary/aromatic N) is 5. The van der Waals surface area contributed by atoms with Crippen LogP contribution in [0.4, 0.5) is 5.82 Å². The van der Waals surface area contributed by atoms with Gasteiger partial charge in [0, 0.05) is 42.0 Å². The van der Waals surface area contributed by atoms with Crippen molar-refractivity contribution in [1.29, 1.82) is 5.26 Å². The van der Waals surface area contributed by atoms with Gasteiger partial charge < -0.3 is 14.7 Å². The number of aliphatic hydroxyl groups excluding tert-OH is 1. The van der Waals surface area contributed by atoms with Crippen molar-refractivity contribution in [3.05, 3.63) is 63.5 Å². The Balaban J connectivity index is 1.47. The number of ether oxygens (including phenoxy) is 1. The van der Waals surface area contributed by atoms with Gasteiger partial charge in [-0.1, -0.05) is 23.2 Å². The molecule has 0 saturated carbocycles. The molecule has 2 N–H and O–H groups in total. The monoisotopic (exact) mass is 494 g/mol. The number of hydrogen-bond acceptors (Lipinski definition) is 7. The molecule has 172 valence electrons. The van der Waals surface area contributed by atoms with Crippen molar-refractivity contribution in [2.24, 2.45) is 0 Å². The number of hydrogen-bond donors (Lipinski definition) is 2. The van der Waals surface area contributed by atoms with Crippen LogP contribution in [0, 0.1) is 18.3 Å². The highest BCUT2D eigenvalue weighted by molar-refractivity contribution is 6.36. The summed E-state index contributed by atoms with van der Waals surface area (Å²) in [4.78, 5) is 10.5. The number of nitrogens with one attached hydrogen (secondary N) is 1. The van der Waals surface area contributed by atoms with Crippen molar-refractivity contribution in [1.82, 2.24) is 20.2 Å². The smallest absolute Gasteiger partial charge is 0.146 e. The SMILES string of the molecule is Cc1ncc(Cl)c([C@@H](C)Oc2ccc3[nH]nc(-c4cnc(N5CC(O)C5)c(C#N)c4)c3c2)c1Cl. The maximum atomic E-state index is 9.65. The highest BCUT2D eigenvalue weighted by Gasteiger charge is 2.28. The van der Waals surface area contributed by atoms with Gasteiger partial charge in [-0.3, -0.25) is 10.1 Å². The lowest BCUT2D eigenvalue weighted by molar-refractivity contribution is 0.141. The molecule has 4 heterocycles. The molecule has 3 aromatic heterocycles. The fourth-order valence-corrected chi connectivity index (χ4v) is 4.70. The summed E-state index contributed by atoms with van der Waals surface area (Å²) in [5.74, 6) is 1.18. The lowest BCUT2D eigenvalue weighted by Crippen LogP contribution is -2.51. The van der Waals surface area contributed by atoms with Crippen molar-refractivity contribution in [3.63, 3.8) is 0 Å².